The summed E-state index contributed by atoms with van der Waals surface area (Å²) >= 11 is 0. The second kappa shape index (κ2) is 10.6. The van der Waals surface area contributed by atoms with Gasteiger partial charge in [-0.2, -0.15) is 0 Å². The molecule has 0 aromatic heterocycles. The van der Waals surface area contributed by atoms with Gasteiger partial charge in [0.15, 0.2) is 0 Å². The summed E-state index contributed by atoms with van der Waals surface area (Å²) in [7, 11) is 0. The van der Waals surface area contributed by atoms with Crippen molar-refractivity contribution in [3.63, 3.8) is 0 Å². The van der Waals surface area contributed by atoms with Crippen LogP contribution in [0.4, 0.5) is 0 Å². The van der Waals surface area contributed by atoms with Crippen LogP contribution in [0.3, 0.4) is 0 Å². The summed E-state index contributed by atoms with van der Waals surface area (Å²) in [6.45, 7) is 6.32. The van der Waals surface area contributed by atoms with Crippen LogP contribution < -0.4 is 15.2 Å². The maximum Gasteiger partial charge on any atom is 0.127 e. The van der Waals surface area contributed by atoms with Crippen molar-refractivity contribution in [2.45, 2.75) is 58.9 Å². The summed E-state index contributed by atoms with van der Waals surface area (Å²) in [5, 5.41) is 0. The molecule has 2 N–H and O–H groups in total. The largest absolute Gasteiger partial charge is 0.493 e. The number of rotatable bonds is 11. The van der Waals surface area contributed by atoms with E-state index in [1.165, 1.54) is 25.7 Å². The Morgan fingerprint density at radius 2 is 1.70 bits per heavy atom. The Labute approximate surface area is 123 Å². The molecule has 0 bridgehead atoms. The molecule has 0 aliphatic carbocycles. The molecule has 1 aromatic carbocycles. The zero-order chi connectivity index (χ0) is 14.6. The lowest BCUT2D eigenvalue weighted by Gasteiger charge is -2.13. The van der Waals surface area contributed by atoms with Crippen molar-refractivity contribution in [3.8, 4) is 11.5 Å². The van der Waals surface area contributed by atoms with Gasteiger partial charge in [0.05, 0.1) is 13.2 Å². The molecule has 0 amide bonds. The molecule has 0 aliphatic heterocycles. The van der Waals surface area contributed by atoms with Crippen molar-refractivity contribution in [2.75, 3.05) is 13.2 Å². The Balaban J connectivity index is 2.44. The summed E-state index contributed by atoms with van der Waals surface area (Å²) in [6.07, 6.45) is 7.22. The average Bonchev–Trinajstić information content (AvgIpc) is 2.48. The maximum absolute atomic E-state index is 5.87. The lowest BCUT2D eigenvalue weighted by atomic mass is 10.1. The second-order valence-electron chi connectivity index (χ2n) is 5.08. The Hall–Kier alpha value is -1.22. The van der Waals surface area contributed by atoms with Gasteiger partial charge in [0.1, 0.15) is 11.5 Å². The first-order chi connectivity index (χ1) is 9.81. The number of hydrogen-bond acceptors (Lipinski definition) is 3. The summed E-state index contributed by atoms with van der Waals surface area (Å²) < 4.78 is 11.5. The minimum absolute atomic E-state index is 0.499. The highest BCUT2D eigenvalue weighted by Gasteiger charge is 2.05. The van der Waals surface area contributed by atoms with Crippen LogP contribution in [-0.2, 0) is 6.54 Å². The van der Waals surface area contributed by atoms with Crippen LogP contribution in [0.1, 0.15) is 57.9 Å². The molecule has 0 unspecified atom stereocenters. The quantitative estimate of drug-likeness (QED) is 0.615. The maximum atomic E-state index is 5.87. The molecule has 0 aliphatic rings. The molecule has 20 heavy (non-hydrogen) atoms. The third-order valence-electron chi connectivity index (χ3n) is 3.24. The summed E-state index contributed by atoms with van der Waals surface area (Å²) in [6, 6.07) is 5.92. The lowest BCUT2D eigenvalue weighted by molar-refractivity contribution is 0.292. The van der Waals surface area contributed by atoms with Crippen LogP contribution in [0.15, 0.2) is 18.2 Å². The molecular weight excluding hydrogens is 250 g/mol. The van der Waals surface area contributed by atoms with Crippen LogP contribution in [0.5, 0.6) is 11.5 Å². The highest BCUT2D eigenvalue weighted by atomic mass is 16.5. The van der Waals surface area contributed by atoms with E-state index in [4.69, 9.17) is 15.2 Å². The number of hydrogen-bond donors (Lipinski definition) is 1. The molecular formula is C17H29NO2. The SMILES string of the molecule is CCCCCCCOc1cc(OCCC)ccc1CN. The molecule has 0 saturated carbocycles. The smallest absolute Gasteiger partial charge is 0.127 e. The van der Waals surface area contributed by atoms with E-state index in [0.29, 0.717) is 6.54 Å². The average molecular weight is 279 g/mol. The van der Waals surface area contributed by atoms with Gasteiger partial charge in [0.25, 0.3) is 0 Å². The van der Waals surface area contributed by atoms with Gasteiger partial charge in [0, 0.05) is 18.2 Å². The van der Waals surface area contributed by atoms with Gasteiger partial charge >= 0.3 is 0 Å². The Kier molecular flexibility index (Phi) is 8.88. The Morgan fingerprint density at radius 3 is 2.40 bits per heavy atom. The second-order valence-corrected chi connectivity index (χ2v) is 5.08. The molecule has 0 radical (unpaired) electrons. The van der Waals surface area contributed by atoms with Gasteiger partial charge in [-0.25, -0.2) is 0 Å². The number of benzene rings is 1. The monoisotopic (exact) mass is 279 g/mol. The Bertz CT molecular complexity index is 366. The highest BCUT2D eigenvalue weighted by molar-refractivity contribution is 5.40. The fraction of sp³-hybridized carbons (Fsp3) is 0.647. The van der Waals surface area contributed by atoms with Crippen LogP contribution in [0, 0.1) is 0 Å². The molecule has 3 heteroatoms. The van der Waals surface area contributed by atoms with Gasteiger partial charge in [-0.3, -0.25) is 0 Å². The first-order valence-corrected chi connectivity index (χ1v) is 7.90. The topological polar surface area (TPSA) is 44.5 Å². The third kappa shape index (κ3) is 6.29. The fourth-order valence-electron chi connectivity index (χ4n) is 2.04. The number of nitrogens with two attached hydrogens (primary N) is 1. The predicted octanol–water partition coefficient (Wildman–Crippen LogP) is 4.28. The van der Waals surface area contributed by atoms with Crippen molar-refractivity contribution >= 4 is 0 Å². The third-order valence-corrected chi connectivity index (χ3v) is 3.24. The summed E-state index contributed by atoms with van der Waals surface area (Å²) in [5.74, 6) is 1.74. The molecule has 0 heterocycles. The molecule has 0 fully saturated rings. The van der Waals surface area contributed by atoms with E-state index < -0.39 is 0 Å². The fourth-order valence-corrected chi connectivity index (χ4v) is 2.04. The summed E-state index contributed by atoms with van der Waals surface area (Å²) in [5.41, 5.74) is 6.79. The zero-order valence-electron chi connectivity index (χ0n) is 13.0. The minimum Gasteiger partial charge on any atom is -0.493 e. The van der Waals surface area contributed by atoms with Crippen molar-refractivity contribution in [1.29, 1.82) is 0 Å². The van der Waals surface area contributed by atoms with Crippen LogP contribution >= 0.6 is 0 Å². The van der Waals surface area contributed by atoms with Gasteiger partial charge in [0.2, 0.25) is 0 Å². The number of ether oxygens (including phenoxy) is 2. The van der Waals surface area contributed by atoms with E-state index in [0.717, 1.165) is 43.1 Å². The van der Waals surface area contributed by atoms with Gasteiger partial charge in [-0.15, -0.1) is 0 Å². The molecule has 0 spiro atoms. The molecule has 0 atom stereocenters. The molecule has 3 nitrogen and oxygen atoms in total. The van der Waals surface area contributed by atoms with E-state index in [9.17, 15) is 0 Å². The minimum atomic E-state index is 0.499. The van der Waals surface area contributed by atoms with Gasteiger partial charge in [-0.05, 0) is 18.9 Å². The van der Waals surface area contributed by atoms with E-state index in [2.05, 4.69) is 13.8 Å². The highest BCUT2D eigenvalue weighted by Crippen LogP contribution is 2.25. The van der Waals surface area contributed by atoms with Crippen molar-refractivity contribution < 1.29 is 9.47 Å². The van der Waals surface area contributed by atoms with E-state index in [1.807, 2.05) is 18.2 Å². The zero-order valence-corrected chi connectivity index (χ0v) is 13.0. The number of unbranched alkanes of at least 4 members (excludes halogenated alkanes) is 4. The first kappa shape index (κ1) is 16.8. The molecule has 0 saturated heterocycles. The van der Waals surface area contributed by atoms with Gasteiger partial charge < -0.3 is 15.2 Å². The molecule has 1 rings (SSSR count). The predicted molar refractivity (Wildman–Crippen MR) is 84.4 cm³/mol. The van der Waals surface area contributed by atoms with E-state index >= 15 is 0 Å². The van der Waals surface area contributed by atoms with Gasteiger partial charge in [-0.1, -0.05) is 45.6 Å². The van der Waals surface area contributed by atoms with Crippen molar-refractivity contribution in [3.05, 3.63) is 23.8 Å². The summed E-state index contributed by atoms with van der Waals surface area (Å²) in [4.78, 5) is 0. The molecule has 114 valence electrons. The van der Waals surface area contributed by atoms with Crippen LogP contribution in [0.25, 0.3) is 0 Å². The normalized spacial score (nSPS) is 10.6. The molecule has 1 aromatic rings. The lowest BCUT2D eigenvalue weighted by Crippen LogP contribution is -2.05. The van der Waals surface area contributed by atoms with E-state index in [1.54, 1.807) is 0 Å². The van der Waals surface area contributed by atoms with Crippen LogP contribution in [0.2, 0.25) is 0 Å². The van der Waals surface area contributed by atoms with Crippen molar-refractivity contribution in [1.82, 2.24) is 0 Å². The standard InChI is InChI=1S/C17H29NO2/c1-3-5-6-7-8-12-20-17-13-16(19-11-4-2)10-9-15(17)14-18/h9-10,13H,3-8,11-12,14,18H2,1-2H3. The van der Waals surface area contributed by atoms with Crippen LogP contribution in [-0.4, -0.2) is 13.2 Å². The van der Waals surface area contributed by atoms with Crippen molar-refractivity contribution in [2.24, 2.45) is 5.73 Å². The van der Waals surface area contributed by atoms with E-state index in [-0.39, 0.29) is 0 Å². The Morgan fingerprint density at radius 1 is 0.900 bits per heavy atom. The first-order valence-electron chi connectivity index (χ1n) is 7.90.